The summed E-state index contributed by atoms with van der Waals surface area (Å²) in [6.07, 6.45) is 30.7. The van der Waals surface area contributed by atoms with Crippen LogP contribution in [0.5, 0.6) is 0 Å². The number of ether oxygens (including phenoxy) is 2. The Hall–Kier alpha value is -1.81. The fourth-order valence-electron chi connectivity index (χ4n) is 6.53. The van der Waals surface area contributed by atoms with Gasteiger partial charge in [-0.15, -0.1) is 0 Å². The molecular weight excluding hydrogens is 697 g/mol. The van der Waals surface area contributed by atoms with E-state index in [1.807, 2.05) is 0 Å². The molecule has 1 aliphatic heterocycles. The first-order chi connectivity index (χ1) is 25.7. The van der Waals surface area contributed by atoms with Gasteiger partial charge in [0, 0.05) is 25.7 Å². The second-order valence-corrected chi connectivity index (χ2v) is 16.3. The van der Waals surface area contributed by atoms with Crippen LogP contribution < -0.4 is 0 Å². The van der Waals surface area contributed by atoms with E-state index < -0.39 is 32.5 Å². The van der Waals surface area contributed by atoms with Gasteiger partial charge in [0.1, 0.15) is 6.61 Å². The molecule has 2 amide bonds. The van der Waals surface area contributed by atoms with Gasteiger partial charge in [0.15, 0.2) is 6.10 Å². The number of unbranched alkanes of at least 4 members (excludes halogenated alkanes) is 24. The number of likely N-dealkylation sites (tertiary alicyclic amines) is 1. The van der Waals surface area contributed by atoms with E-state index in [2.05, 4.69) is 13.8 Å². The SMILES string of the molecule is CCCCCCCCCCCCCCCC(=O)OCC(COP(=O)(O)OCCN1C(=O)CCC1=O)OC(=O)CCCCCCCCCCCCCCC. The summed E-state index contributed by atoms with van der Waals surface area (Å²) in [6.45, 7) is 3.10. The molecule has 12 heteroatoms. The fourth-order valence-corrected chi connectivity index (χ4v) is 7.27. The molecule has 0 aromatic heterocycles. The van der Waals surface area contributed by atoms with Crippen molar-refractivity contribution in [2.45, 2.75) is 213 Å². The zero-order valence-electron chi connectivity index (χ0n) is 33.6. The van der Waals surface area contributed by atoms with E-state index >= 15 is 0 Å². The predicted molar refractivity (Wildman–Crippen MR) is 209 cm³/mol. The van der Waals surface area contributed by atoms with Crippen molar-refractivity contribution in [2.75, 3.05) is 26.4 Å². The molecule has 0 aromatic rings. The first-order valence-electron chi connectivity index (χ1n) is 21.5. The van der Waals surface area contributed by atoms with Crippen LogP contribution in [0.25, 0.3) is 0 Å². The number of phosphoric ester groups is 1. The second-order valence-electron chi connectivity index (χ2n) is 14.8. The third-order valence-electron chi connectivity index (χ3n) is 9.84. The van der Waals surface area contributed by atoms with Crippen molar-refractivity contribution in [1.29, 1.82) is 0 Å². The van der Waals surface area contributed by atoms with Gasteiger partial charge in [-0.1, -0.05) is 168 Å². The smallest absolute Gasteiger partial charge is 0.462 e. The lowest BCUT2D eigenvalue weighted by Gasteiger charge is -2.20. The van der Waals surface area contributed by atoms with Gasteiger partial charge in [-0.05, 0) is 12.8 Å². The van der Waals surface area contributed by atoms with E-state index in [1.165, 1.54) is 116 Å². The van der Waals surface area contributed by atoms with E-state index in [-0.39, 0.29) is 57.3 Å². The summed E-state index contributed by atoms with van der Waals surface area (Å²) in [6, 6.07) is 0. The maximum Gasteiger partial charge on any atom is 0.472 e. The Morgan fingerprint density at radius 2 is 0.962 bits per heavy atom. The summed E-state index contributed by atoms with van der Waals surface area (Å²) in [5, 5.41) is 0. The lowest BCUT2D eigenvalue weighted by molar-refractivity contribution is -0.161. The van der Waals surface area contributed by atoms with Crippen molar-refractivity contribution in [1.82, 2.24) is 4.90 Å². The Morgan fingerprint density at radius 1 is 0.585 bits per heavy atom. The van der Waals surface area contributed by atoms with Crippen LogP contribution in [0.15, 0.2) is 0 Å². The van der Waals surface area contributed by atoms with Crippen LogP contribution in [0.2, 0.25) is 0 Å². The normalized spacial score (nSPS) is 14.8. The van der Waals surface area contributed by atoms with E-state index in [0.717, 1.165) is 43.4 Å². The molecule has 0 aliphatic carbocycles. The van der Waals surface area contributed by atoms with Crippen LogP contribution in [-0.4, -0.2) is 66.0 Å². The summed E-state index contributed by atoms with van der Waals surface area (Å²) in [5.74, 6) is -1.63. The fraction of sp³-hybridized carbons (Fsp3) is 0.902. The maximum absolute atomic E-state index is 12.7. The zero-order valence-corrected chi connectivity index (χ0v) is 34.5. The number of nitrogens with zero attached hydrogens (tertiary/aromatic N) is 1. The molecule has 1 fully saturated rings. The van der Waals surface area contributed by atoms with Gasteiger partial charge in [-0.3, -0.25) is 33.1 Å². The Kier molecular flexibility index (Phi) is 31.1. The first kappa shape index (κ1) is 49.2. The highest BCUT2D eigenvalue weighted by molar-refractivity contribution is 7.47. The number of esters is 2. The van der Waals surface area contributed by atoms with Crippen LogP contribution in [0.3, 0.4) is 0 Å². The molecule has 0 radical (unpaired) electrons. The molecule has 310 valence electrons. The van der Waals surface area contributed by atoms with E-state index in [0.29, 0.717) is 12.8 Å². The highest BCUT2D eigenvalue weighted by Gasteiger charge is 2.31. The molecule has 1 N–H and O–H groups in total. The highest BCUT2D eigenvalue weighted by atomic mass is 31.2. The van der Waals surface area contributed by atoms with E-state index in [4.69, 9.17) is 18.5 Å². The molecule has 2 unspecified atom stereocenters. The zero-order chi connectivity index (χ0) is 38.8. The second kappa shape index (κ2) is 33.5. The average Bonchev–Trinajstić information content (AvgIpc) is 3.45. The summed E-state index contributed by atoms with van der Waals surface area (Å²) in [7, 11) is -4.61. The monoisotopic (exact) mass is 774 g/mol. The maximum atomic E-state index is 12.7. The molecular formula is C41H76NO10P. The lowest BCUT2D eigenvalue weighted by atomic mass is 10.0. The number of imide groups is 1. The Labute approximate surface area is 322 Å². The van der Waals surface area contributed by atoms with Gasteiger partial charge in [0.2, 0.25) is 11.8 Å². The molecule has 1 heterocycles. The number of hydrogen-bond donors (Lipinski definition) is 1. The van der Waals surface area contributed by atoms with Crippen molar-refractivity contribution in [3.63, 3.8) is 0 Å². The minimum absolute atomic E-state index is 0.108. The topological polar surface area (TPSA) is 146 Å². The van der Waals surface area contributed by atoms with E-state index in [1.54, 1.807) is 0 Å². The van der Waals surface area contributed by atoms with Crippen LogP contribution >= 0.6 is 7.82 Å². The minimum Gasteiger partial charge on any atom is -0.462 e. The van der Waals surface area contributed by atoms with Crippen LogP contribution in [-0.2, 0) is 42.3 Å². The van der Waals surface area contributed by atoms with Crippen molar-refractivity contribution >= 4 is 31.6 Å². The van der Waals surface area contributed by atoms with Crippen molar-refractivity contribution in [3.05, 3.63) is 0 Å². The quantitative estimate of drug-likeness (QED) is 0.0278. The highest BCUT2D eigenvalue weighted by Crippen LogP contribution is 2.43. The number of phosphoric acid groups is 1. The molecule has 1 saturated heterocycles. The Morgan fingerprint density at radius 3 is 1.38 bits per heavy atom. The largest absolute Gasteiger partial charge is 0.472 e. The minimum atomic E-state index is -4.61. The third kappa shape index (κ3) is 29.2. The van der Waals surface area contributed by atoms with Crippen LogP contribution in [0.4, 0.5) is 0 Å². The lowest BCUT2D eigenvalue weighted by Crippen LogP contribution is -2.32. The van der Waals surface area contributed by atoms with Gasteiger partial charge >= 0.3 is 19.8 Å². The standard InChI is InChI=1S/C41H76NO10P/c1-3-5-7-9-11-13-15-17-19-21-23-25-27-29-40(45)49-35-37(36-51-53(47,48)50-34-33-42-38(43)31-32-39(42)44)52-41(46)30-28-26-24-22-20-18-16-14-12-10-8-6-4-2/h37H,3-36H2,1-2H3,(H,47,48). The number of carbonyl (C=O) groups excluding carboxylic acids is 4. The molecule has 53 heavy (non-hydrogen) atoms. The van der Waals surface area contributed by atoms with E-state index in [9.17, 15) is 28.6 Å². The predicted octanol–water partition coefficient (Wildman–Crippen LogP) is 10.7. The van der Waals surface area contributed by atoms with Crippen molar-refractivity contribution < 1.29 is 47.2 Å². The molecule has 0 saturated carbocycles. The molecule has 1 rings (SSSR count). The first-order valence-corrected chi connectivity index (χ1v) is 23.0. The number of hydrogen-bond acceptors (Lipinski definition) is 9. The third-order valence-corrected chi connectivity index (χ3v) is 10.8. The van der Waals surface area contributed by atoms with Crippen LogP contribution in [0.1, 0.15) is 206 Å². The van der Waals surface area contributed by atoms with Crippen molar-refractivity contribution in [3.8, 4) is 0 Å². The van der Waals surface area contributed by atoms with Gasteiger partial charge < -0.3 is 14.4 Å². The van der Waals surface area contributed by atoms with Crippen molar-refractivity contribution in [2.24, 2.45) is 0 Å². The summed E-state index contributed by atoms with van der Waals surface area (Å²) in [4.78, 5) is 59.9. The molecule has 0 spiro atoms. The average molecular weight is 774 g/mol. The van der Waals surface area contributed by atoms with Gasteiger partial charge in [0.05, 0.1) is 19.8 Å². The summed E-state index contributed by atoms with van der Waals surface area (Å²) in [5.41, 5.74) is 0. The van der Waals surface area contributed by atoms with Crippen LogP contribution in [0, 0.1) is 0 Å². The molecule has 0 bridgehead atoms. The summed E-state index contributed by atoms with van der Waals surface area (Å²) < 4.78 is 33.4. The molecule has 0 aromatic carbocycles. The van der Waals surface area contributed by atoms with Gasteiger partial charge in [-0.25, -0.2) is 4.57 Å². The number of amides is 2. The molecule has 11 nitrogen and oxygen atoms in total. The number of rotatable bonds is 38. The van der Waals surface area contributed by atoms with Gasteiger partial charge in [0.25, 0.3) is 0 Å². The molecule has 1 aliphatic rings. The Bertz CT molecular complexity index is 993. The summed E-state index contributed by atoms with van der Waals surface area (Å²) >= 11 is 0. The molecule has 2 atom stereocenters. The Balaban J connectivity index is 2.35. The number of carbonyl (C=O) groups is 4. The van der Waals surface area contributed by atoms with Gasteiger partial charge in [-0.2, -0.15) is 0 Å².